The van der Waals surface area contributed by atoms with Gasteiger partial charge in [-0.05, 0) is 30.2 Å². The second-order valence-corrected chi connectivity index (χ2v) is 5.81. The van der Waals surface area contributed by atoms with Crippen LogP contribution in [0.25, 0.3) is 0 Å². The van der Waals surface area contributed by atoms with Crippen molar-refractivity contribution < 1.29 is 4.79 Å². The van der Waals surface area contributed by atoms with Crippen LogP contribution in [0.2, 0.25) is 10.0 Å². The van der Waals surface area contributed by atoms with Gasteiger partial charge in [-0.3, -0.25) is 0 Å². The number of hydrogen-bond donors (Lipinski definition) is 1. The number of hydrogen-bond acceptors (Lipinski definition) is 1. The molecule has 3 nitrogen and oxygen atoms in total. The first-order valence-electron chi connectivity index (χ1n) is 7.15. The molecule has 0 saturated carbocycles. The number of carbonyl (C=O) groups is 1. The first-order chi connectivity index (χ1) is 10.6. The van der Waals surface area contributed by atoms with Gasteiger partial charge in [-0.25, -0.2) is 4.79 Å². The van der Waals surface area contributed by atoms with Crippen LogP contribution < -0.4 is 5.32 Å². The fraction of sp³-hybridized carbons (Fsp3) is 0.235. The summed E-state index contributed by atoms with van der Waals surface area (Å²) >= 11 is 12.0. The van der Waals surface area contributed by atoms with Gasteiger partial charge in [0.1, 0.15) is 0 Å². The number of anilines is 1. The van der Waals surface area contributed by atoms with E-state index in [0.717, 1.165) is 12.0 Å². The molecule has 2 aromatic carbocycles. The van der Waals surface area contributed by atoms with Crippen LogP contribution in [-0.4, -0.2) is 17.5 Å². The Bertz CT molecular complexity index is 632. The lowest BCUT2D eigenvalue weighted by molar-refractivity contribution is 0.209. The minimum atomic E-state index is -0.171. The molecule has 0 radical (unpaired) electrons. The van der Waals surface area contributed by atoms with Gasteiger partial charge in [-0.1, -0.05) is 60.5 Å². The normalized spacial score (nSPS) is 10.3. The molecule has 116 valence electrons. The average molecular weight is 337 g/mol. The Labute approximate surface area is 140 Å². The summed E-state index contributed by atoms with van der Waals surface area (Å²) in [4.78, 5) is 14.2. The van der Waals surface area contributed by atoms with Crippen LogP contribution in [0, 0.1) is 0 Å². The summed E-state index contributed by atoms with van der Waals surface area (Å²) in [7, 11) is 0. The average Bonchev–Trinajstić information content (AvgIpc) is 2.50. The van der Waals surface area contributed by atoms with Crippen LogP contribution in [0.5, 0.6) is 0 Å². The second kappa shape index (κ2) is 8.06. The minimum Gasteiger partial charge on any atom is -0.320 e. The largest absolute Gasteiger partial charge is 0.322 e. The second-order valence-electron chi connectivity index (χ2n) is 4.96. The van der Waals surface area contributed by atoms with Crippen LogP contribution in [0.4, 0.5) is 10.5 Å². The monoisotopic (exact) mass is 336 g/mol. The smallest absolute Gasteiger partial charge is 0.320 e. The van der Waals surface area contributed by atoms with Crippen molar-refractivity contribution >= 4 is 34.9 Å². The number of nitrogens with one attached hydrogen (secondary N) is 1. The SMILES string of the molecule is CCCN(Cc1ccccc1)C(=O)Nc1ccc(Cl)cc1Cl. The van der Waals surface area contributed by atoms with Crippen molar-refractivity contribution in [2.75, 3.05) is 11.9 Å². The molecule has 0 aromatic heterocycles. The molecule has 0 atom stereocenters. The van der Waals surface area contributed by atoms with Crippen LogP contribution in [-0.2, 0) is 6.54 Å². The quantitative estimate of drug-likeness (QED) is 0.774. The third-order valence-corrected chi connectivity index (χ3v) is 3.72. The predicted octanol–water partition coefficient (Wildman–Crippen LogP) is 5.44. The summed E-state index contributed by atoms with van der Waals surface area (Å²) < 4.78 is 0. The van der Waals surface area contributed by atoms with Crippen molar-refractivity contribution in [3.8, 4) is 0 Å². The van der Waals surface area contributed by atoms with Crippen molar-refractivity contribution in [3.63, 3.8) is 0 Å². The van der Waals surface area contributed by atoms with Gasteiger partial charge in [0.05, 0.1) is 10.7 Å². The molecule has 0 fully saturated rings. The number of urea groups is 1. The van der Waals surface area contributed by atoms with Crippen LogP contribution >= 0.6 is 23.2 Å². The highest BCUT2D eigenvalue weighted by Gasteiger charge is 2.14. The number of amides is 2. The van der Waals surface area contributed by atoms with E-state index in [-0.39, 0.29) is 6.03 Å². The van der Waals surface area contributed by atoms with Gasteiger partial charge >= 0.3 is 6.03 Å². The molecule has 0 bridgehead atoms. The summed E-state index contributed by atoms with van der Waals surface area (Å²) in [6.07, 6.45) is 0.884. The highest BCUT2D eigenvalue weighted by Crippen LogP contribution is 2.25. The maximum atomic E-state index is 12.5. The van der Waals surface area contributed by atoms with Crippen LogP contribution in [0.1, 0.15) is 18.9 Å². The Balaban J connectivity index is 2.09. The van der Waals surface area contributed by atoms with Crippen molar-refractivity contribution in [2.45, 2.75) is 19.9 Å². The molecular weight excluding hydrogens is 319 g/mol. The van der Waals surface area contributed by atoms with E-state index in [2.05, 4.69) is 5.32 Å². The van der Waals surface area contributed by atoms with Crippen molar-refractivity contribution in [1.29, 1.82) is 0 Å². The van der Waals surface area contributed by atoms with Gasteiger partial charge in [0.2, 0.25) is 0 Å². The zero-order valence-corrected chi connectivity index (χ0v) is 13.9. The molecule has 5 heteroatoms. The Kier molecular flexibility index (Phi) is 6.10. The topological polar surface area (TPSA) is 32.3 Å². The molecule has 2 aromatic rings. The lowest BCUT2D eigenvalue weighted by Gasteiger charge is -2.23. The van der Waals surface area contributed by atoms with E-state index in [4.69, 9.17) is 23.2 Å². The van der Waals surface area contributed by atoms with Gasteiger partial charge in [0.15, 0.2) is 0 Å². The van der Waals surface area contributed by atoms with Crippen LogP contribution in [0.3, 0.4) is 0 Å². The van der Waals surface area contributed by atoms with Gasteiger partial charge in [0, 0.05) is 18.1 Å². The molecular formula is C17H18Cl2N2O. The fourth-order valence-corrected chi connectivity index (χ4v) is 2.57. The predicted molar refractivity (Wildman–Crippen MR) is 92.6 cm³/mol. The molecule has 22 heavy (non-hydrogen) atoms. The Hall–Kier alpha value is -1.71. The summed E-state index contributed by atoms with van der Waals surface area (Å²) in [5, 5.41) is 3.81. The van der Waals surface area contributed by atoms with Crippen LogP contribution in [0.15, 0.2) is 48.5 Å². The summed E-state index contributed by atoms with van der Waals surface area (Å²) in [6, 6.07) is 14.7. The first-order valence-corrected chi connectivity index (χ1v) is 7.90. The van der Waals surface area contributed by atoms with Crippen molar-refractivity contribution in [2.24, 2.45) is 0 Å². The van der Waals surface area contributed by atoms with Gasteiger partial charge in [0.25, 0.3) is 0 Å². The highest BCUT2D eigenvalue weighted by atomic mass is 35.5. The molecule has 0 aliphatic rings. The number of halogens is 2. The third kappa shape index (κ3) is 4.65. The van der Waals surface area contributed by atoms with E-state index in [9.17, 15) is 4.79 Å². The molecule has 0 aliphatic heterocycles. The summed E-state index contributed by atoms with van der Waals surface area (Å²) in [6.45, 7) is 3.28. The minimum absolute atomic E-state index is 0.171. The summed E-state index contributed by atoms with van der Waals surface area (Å²) in [5.74, 6) is 0. The number of benzene rings is 2. The lowest BCUT2D eigenvalue weighted by atomic mass is 10.2. The van der Waals surface area contributed by atoms with Gasteiger partial charge in [-0.15, -0.1) is 0 Å². The molecule has 0 unspecified atom stereocenters. The zero-order valence-electron chi connectivity index (χ0n) is 12.4. The maximum Gasteiger partial charge on any atom is 0.322 e. The van der Waals surface area contributed by atoms with Crippen molar-refractivity contribution in [1.82, 2.24) is 4.90 Å². The Morgan fingerprint density at radius 2 is 1.86 bits per heavy atom. The lowest BCUT2D eigenvalue weighted by Crippen LogP contribution is -2.35. The molecule has 2 rings (SSSR count). The molecule has 0 spiro atoms. The van der Waals surface area contributed by atoms with E-state index in [0.29, 0.717) is 28.8 Å². The van der Waals surface area contributed by atoms with E-state index < -0.39 is 0 Å². The van der Waals surface area contributed by atoms with E-state index >= 15 is 0 Å². The fourth-order valence-electron chi connectivity index (χ4n) is 2.11. The standard InChI is InChI=1S/C17H18Cl2N2O/c1-2-10-21(12-13-6-4-3-5-7-13)17(22)20-16-9-8-14(18)11-15(16)19/h3-9,11H,2,10,12H2,1H3,(H,20,22). The van der Waals surface area contributed by atoms with E-state index in [1.807, 2.05) is 37.3 Å². The molecule has 0 saturated heterocycles. The maximum absolute atomic E-state index is 12.5. The number of carbonyl (C=O) groups excluding carboxylic acids is 1. The molecule has 0 heterocycles. The van der Waals surface area contributed by atoms with Gasteiger partial charge < -0.3 is 10.2 Å². The first kappa shape index (κ1) is 16.7. The summed E-state index contributed by atoms with van der Waals surface area (Å²) in [5.41, 5.74) is 1.65. The molecule has 2 amide bonds. The Morgan fingerprint density at radius 3 is 2.50 bits per heavy atom. The highest BCUT2D eigenvalue weighted by molar-refractivity contribution is 6.36. The van der Waals surface area contributed by atoms with E-state index in [1.54, 1.807) is 23.1 Å². The number of rotatable bonds is 5. The number of nitrogens with zero attached hydrogens (tertiary/aromatic N) is 1. The Morgan fingerprint density at radius 1 is 1.14 bits per heavy atom. The molecule has 1 N–H and O–H groups in total. The third-order valence-electron chi connectivity index (χ3n) is 3.17. The zero-order chi connectivity index (χ0) is 15.9. The molecule has 0 aliphatic carbocycles. The van der Waals surface area contributed by atoms with E-state index in [1.165, 1.54) is 0 Å². The van der Waals surface area contributed by atoms with Crippen molar-refractivity contribution in [3.05, 3.63) is 64.1 Å². The van der Waals surface area contributed by atoms with Gasteiger partial charge in [-0.2, -0.15) is 0 Å².